The summed E-state index contributed by atoms with van der Waals surface area (Å²) in [5.41, 5.74) is 2.75. The van der Waals surface area contributed by atoms with Gasteiger partial charge in [-0.15, -0.1) is 0 Å². The molecule has 0 bridgehead atoms. The van der Waals surface area contributed by atoms with Crippen LogP contribution in [0.1, 0.15) is 30.4 Å². The highest BCUT2D eigenvalue weighted by molar-refractivity contribution is 6.30. The number of halogens is 1. The van der Waals surface area contributed by atoms with Crippen molar-refractivity contribution < 1.29 is 5.11 Å². The van der Waals surface area contributed by atoms with Crippen molar-refractivity contribution in [2.45, 2.75) is 38.8 Å². The molecule has 0 saturated carbocycles. The Kier molecular flexibility index (Phi) is 4.79. The molecule has 0 aromatic heterocycles. The number of aliphatic hydroxyl groups excluding tert-OH is 1. The summed E-state index contributed by atoms with van der Waals surface area (Å²) in [5, 5.41) is 10.8. The van der Waals surface area contributed by atoms with Crippen LogP contribution < -0.4 is 0 Å². The van der Waals surface area contributed by atoms with Crippen LogP contribution in [0.25, 0.3) is 0 Å². The van der Waals surface area contributed by atoms with Gasteiger partial charge in [0.25, 0.3) is 0 Å². The third-order valence-electron chi connectivity index (χ3n) is 5.79. The van der Waals surface area contributed by atoms with E-state index in [9.17, 15) is 5.11 Å². The maximum atomic E-state index is 9.99. The van der Waals surface area contributed by atoms with Gasteiger partial charge in [-0.25, -0.2) is 0 Å². The number of rotatable bonds is 3. The van der Waals surface area contributed by atoms with Gasteiger partial charge >= 0.3 is 0 Å². The first-order valence-corrected chi connectivity index (χ1v) is 8.70. The van der Waals surface area contributed by atoms with Crippen molar-refractivity contribution in [3.05, 3.63) is 34.3 Å². The number of aryl methyl sites for hydroxylation is 1. The highest BCUT2D eigenvalue weighted by Gasteiger charge is 2.46. The number of aliphatic hydroxyl groups is 1. The third-order valence-corrected chi connectivity index (χ3v) is 6.03. The molecule has 2 atom stereocenters. The van der Waals surface area contributed by atoms with Crippen LogP contribution in [0.3, 0.4) is 0 Å². The van der Waals surface area contributed by atoms with Crippen molar-refractivity contribution in [1.29, 1.82) is 0 Å². The number of benzene rings is 1. The summed E-state index contributed by atoms with van der Waals surface area (Å²) < 4.78 is 0. The molecule has 0 radical (unpaired) electrons. The smallest absolute Gasteiger partial charge is 0.0503 e. The van der Waals surface area contributed by atoms with Gasteiger partial charge in [0.05, 0.1) is 6.61 Å². The second-order valence-corrected chi connectivity index (χ2v) is 7.61. The van der Waals surface area contributed by atoms with E-state index in [0.717, 1.165) is 37.6 Å². The van der Waals surface area contributed by atoms with E-state index in [-0.39, 0.29) is 5.41 Å². The number of likely N-dealkylation sites (N-methyl/N-ethyl adjacent to an activating group) is 1. The van der Waals surface area contributed by atoms with E-state index in [2.05, 4.69) is 29.8 Å². The molecule has 4 heteroatoms. The van der Waals surface area contributed by atoms with Crippen LogP contribution >= 0.6 is 11.6 Å². The summed E-state index contributed by atoms with van der Waals surface area (Å²) in [4.78, 5) is 5.00. The van der Waals surface area contributed by atoms with Crippen molar-refractivity contribution in [3.8, 4) is 0 Å². The highest BCUT2D eigenvalue weighted by atomic mass is 35.5. The molecule has 1 N–H and O–H groups in total. The quantitative estimate of drug-likeness (QED) is 0.927. The van der Waals surface area contributed by atoms with Crippen molar-refractivity contribution in [2.24, 2.45) is 5.41 Å². The van der Waals surface area contributed by atoms with E-state index in [1.54, 1.807) is 0 Å². The van der Waals surface area contributed by atoms with E-state index in [1.165, 1.54) is 24.0 Å². The second-order valence-electron chi connectivity index (χ2n) is 7.18. The van der Waals surface area contributed by atoms with Gasteiger partial charge < -0.3 is 10.0 Å². The van der Waals surface area contributed by atoms with Crippen molar-refractivity contribution in [1.82, 2.24) is 9.80 Å². The molecule has 1 aromatic carbocycles. The zero-order valence-corrected chi connectivity index (χ0v) is 14.4. The monoisotopic (exact) mass is 322 g/mol. The molecule has 0 unspecified atom stereocenters. The molecule has 2 aliphatic heterocycles. The average molecular weight is 323 g/mol. The van der Waals surface area contributed by atoms with Crippen LogP contribution in [-0.2, 0) is 6.54 Å². The summed E-state index contributed by atoms with van der Waals surface area (Å²) >= 11 is 6.06. The standard InChI is InChI=1S/C18H27ClN2O/c1-14-10-16(19)5-4-15(14)11-21-9-7-18(13-22)6-3-8-20(2)17(18)12-21/h4-5,10,17,22H,3,6-9,11-13H2,1-2H3/t17-,18-/m1/s1. The Morgan fingerprint density at radius 1 is 1.32 bits per heavy atom. The van der Waals surface area contributed by atoms with Gasteiger partial charge in [-0.2, -0.15) is 0 Å². The van der Waals surface area contributed by atoms with Crippen LogP contribution in [-0.4, -0.2) is 54.2 Å². The van der Waals surface area contributed by atoms with Gasteiger partial charge in [-0.05, 0) is 69.6 Å². The van der Waals surface area contributed by atoms with Gasteiger partial charge in [0.2, 0.25) is 0 Å². The predicted molar refractivity (Wildman–Crippen MR) is 91.3 cm³/mol. The molecule has 3 rings (SSSR count). The lowest BCUT2D eigenvalue weighted by molar-refractivity contribution is -0.0684. The molecule has 122 valence electrons. The number of fused-ring (bicyclic) bond motifs is 1. The summed E-state index contributed by atoms with van der Waals surface area (Å²) in [6.07, 6.45) is 3.49. The first-order valence-electron chi connectivity index (χ1n) is 8.32. The Bertz CT molecular complexity index is 536. The normalized spacial score (nSPS) is 30.3. The lowest BCUT2D eigenvalue weighted by atomic mass is 9.69. The molecular weight excluding hydrogens is 296 g/mol. The average Bonchev–Trinajstić information content (AvgIpc) is 2.51. The van der Waals surface area contributed by atoms with Crippen LogP contribution in [0, 0.1) is 12.3 Å². The first kappa shape index (κ1) is 16.3. The molecule has 0 spiro atoms. The molecular formula is C18H27ClN2O. The molecule has 2 fully saturated rings. The van der Waals surface area contributed by atoms with Gasteiger partial charge in [-0.3, -0.25) is 4.90 Å². The Hall–Kier alpha value is -0.610. The second kappa shape index (κ2) is 6.48. The van der Waals surface area contributed by atoms with Gasteiger partial charge in [0, 0.05) is 29.6 Å². The molecule has 0 aliphatic carbocycles. The zero-order chi connectivity index (χ0) is 15.7. The summed E-state index contributed by atoms with van der Waals surface area (Å²) in [6.45, 7) is 6.73. The van der Waals surface area contributed by atoms with E-state index in [1.807, 2.05) is 12.1 Å². The maximum absolute atomic E-state index is 9.99. The molecule has 22 heavy (non-hydrogen) atoms. The molecule has 2 aliphatic rings. The predicted octanol–water partition coefficient (Wildman–Crippen LogP) is 2.93. The van der Waals surface area contributed by atoms with Crippen LogP contribution in [0.5, 0.6) is 0 Å². The minimum Gasteiger partial charge on any atom is -0.396 e. The Balaban J connectivity index is 1.72. The van der Waals surface area contributed by atoms with E-state index in [0.29, 0.717) is 12.6 Å². The van der Waals surface area contributed by atoms with Crippen molar-refractivity contribution in [3.63, 3.8) is 0 Å². The third kappa shape index (κ3) is 3.05. The topological polar surface area (TPSA) is 26.7 Å². The molecule has 2 heterocycles. The first-order chi connectivity index (χ1) is 10.5. The number of hydrogen-bond donors (Lipinski definition) is 1. The van der Waals surface area contributed by atoms with Crippen molar-refractivity contribution >= 4 is 11.6 Å². The Morgan fingerprint density at radius 2 is 2.14 bits per heavy atom. The number of piperidine rings is 2. The van der Waals surface area contributed by atoms with Crippen molar-refractivity contribution in [2.75, 3.05) is 33.3 Å². The minimum absolute atomic E-state index is 0.124. The molecule has 3 nitrogen and oxygen atoms in total. The summed E-state index contributed by atoms with van der Waals surface area (Å²) in [5.74, 6) is 0. The SMILES string of the molecule is Cc1cc(Cl)ccc1CN1CC[C@@]2(CO)CCCN(C)[C@@H]2C1. The fraction of sp³-hybridized carbons (Fsp3) is 0.667. The minimum atomic E-state index is 0.124. The van der Waals surface area contributed by atoms with E-state index in [4.69, 9.17) is 11.6 Å². The van der Waals surface area contributed by atoms with Gasteiger partial charge in [-0.1, -0.05) is 17.7 Å². The van der Waals surface area contributed by atoms with E-state index < -0.39 is 0 Å². The summed E-state index contributed by atoms with van der Waals surface area (Å²) in [6, 6.07) is 6.66. The fourth-order valence-electron chi connectivity index (χ4n) is 4.30. The van der Waals surface area contributed by atoms with Gasteiger partial charge in [0.15, 0.2) is 0 Å². The lowest BCUT2D eigenvalue weighted by Crippen LogP contribution is -2.61. The largest absolute Gasteiger partial charge is 0.396 e. The van der Waals surface area contributed by atoms with Gasteiger partial charge in [0.1, 0.15) is 0 Å². The number of nitrogens with zero attached hydrogens (tertiary/aromatic N) is 2. The lowest BCUT2D eigenvalue weighted by Gasteiger charge is -2.53. The van der Waals surface area contributed by atoms with Crippen LogP contribution in [0.15, 0.2) is 18.2 Å². The number of likely N-dealkylation sites (tertiary alicyclic amines) is 2. The Labute approximate surface area is 138 Å². The van der Waals surface area contributed by atoms with E-state index >= 15 is 0 Å². The van der Waals surface area contributed by atoms with Crippen LogP contribution in [0.2, 0.25) is 5.02 Å². The number of hydrogen-bond acceptors (Lipinski definition) is 3. The fourth-order valence-corrected chi connectivity index (χ4v) is 4.52. The molecule has 0 amide bonds. The maximum Gasteiger partial charge on any atom is 0.0503 e. The zero-order valence-electron chi connectivity index (χ0n) is 13.7. The summed E-state index contributed by atoms with van der Waals surface area (Å²) in [7, 11) is 2.21. The Morgan fingerprint density at radius 3 is 2.86 bits per heavy atom. The molecule has 1 aromatic rings. The highest BCUT2D eigenvalue weighted by Crippen LogP contribution is 2.41. The molecule has 2 saturated heterocycles. The van der Waals surface area contributed by atoms with Crippen LogP contribution in [0.4, 0.5) is 0 Å².